The normalized spacial score (nSPS) is 30.3. The van der Waals surface area contributed by atoms with Gasteiger partial charge in [-0.1, -0.05) is 45.9 Å². The summed E-state index contributed by atoms with van der Waals surface area (Å²) >= 11 is 0. The molecule has 1 amide bonds. The number of fused-ring (bicyclic) bond motifs is 2. The number of hydrogen-bond acceptors (Lipinski definition) is 12. The third kappa shape index (κ3) is 7.39. The molecule has 2 aromatic heterocycles. The highest BCUT2D eigenvalue weighted by atomic mass is 16.7. The molecule has 58 heavy (non-hydrogen) atoms. The molecule has 15 nitrogen and oxygen atoms in total. The van der Waals surface area contributed by atoms with Gasteiger partial charge in [-0.05, 0) is 44.5 Å². The fourth-order valence-corrected chi connectivity index (χ4v) is 8.03. The Kier molecular flexibility index (Phi) is 12.3. The molecule has 4 bridgehead atoms. The van der Waals surface area contributed by atoms with Crippen molar-refractivity contribution >= 4 is 50.8 Å². The first-order valence-corrected chi connectivity index (χ1v) is 19.0. The number of nitrogens with one attached hydrogen (secondary N) is 1. The van der Waals surface area contributed by atoms with Crippen LogP contribution in [0.5, 0.6) is 17.2 Å². The van der Waals surface area contributed by atoms with Crippen molar-refractivity contribution in [1.82, 2.24) is 9.38 Å². The number of phenolic OH excluding ortho intramolecular Hbond substituents is 2. The second kappa shape index (κ2) is 16.4. The summed E-state index contributed by atoms with van der Waals surface area (Å²) in [5, 5.41) is 49.4. The molecule has 0 spiro atoms. The van der Waals surface area contributed by atoms with Crippen LogP contribution in [-0.2, 0) is 23.8 Å². The smallest absolute Gasteiger partial charge is 0.312 e. The van der Waals surface area contributed by atoms with E-state index in [0.717, 1.165) is 5.56 Å². The number of benzene rings is 2. The quantitative estimate of drug-likeness (QED) is 0.128. The Balaban J connectivity index is 0.00000641. The maximum atomic E-state index is 14.6. The molecule has 4 aromatic rings. The van der Waals surface area contributed by atoms with Crippen molar-refractivity contribution in [2.75, 3.05) is 12.4 Å². The number of amides is 1. The number of esters is 1. The second-order valence-corrected chi connectivity index (χ2v) is 15.6. The van der Waals surface area contributed by atoms with E-state index in [9.17, 15) is 34.8 Å². The van der Waals surface area contributed by atoms with Crippen molar-refractivity contribution in [3.05, 3.63) is 71.2 Å². The lowest BCUT2D eigenvalue weighted by Gasteiger charge is -2.38. The number of hydrogen-bond donors (Lipinski definition) is 5. The fourth-order valence-electron chi connectivity index (χ4n) is 8.03. The van der Waals surface area contributed by atoms with Crippen LogP contribution >= 0.6 is 0 Å². The van der Waals surface area contributed by atoms with Crippen LogP contribution in [0.4, 0.5) is 5.69 Å². The van der Waals surface area contributed by atoms with Gasteiger partial charge < -0.3 is 50.2 Å². The van der Waals surface area contributed by atoms with E-state index in [2.05, 4.69) is 5.32 Å². The second-order valence-electron chi connectivity index (χ2n) is 15.6. The summed E-state index contributed by atoms with van der Waals surface area (Å²) < 4.78 is 25.5. The first kappa shape index (κ1) is 43.6. The largest absolute Gasteiger partial charge is 0.507 e. The number of carbonyl (C=O) groups excluding carboxylic acids is 3. The van der Waals surface area contributed by atoms with Gasteiger partial charge in [-0.3, -0.25) is 18.8 Å². The van der Waals surface area contributed by atoms with Gasteiger partial charge in [0.2, 0.25) is 0 Å². The Morgan fingerprint density at radius 3 is 2.33 bits per heavy atom. The van der Waals surface area contributed by atoms with Gasteiger partial charge in [0.25, 0.3) is 11.7 Å². The summed E-state index contributed by atoms with van der Waals surface area (Å²) in [4.78, 5) is 45.6. The molecule has 2 aliphatic heterocycles. The number of nitrogens with zero attached hydrogens (tertiary/aromatic N) is 2. The van der Waals surface area contributed by atoms with E-state index < -0.39 is 77.3 Å². The molecule has 15 heteroatoms. The lowest BCUT2D eigenvalue weighted by molar-refractivity contribution is -0.160. The van der Waals surface area contributed by atoms with Crippen molar-refractivity contribution in [3.63, 3.8) is 0 Å². The topological polar surface area (TPSA) is 230 Å². The van der Waals surface area contributed by atoms with E-state index in [1.54, 1.807) is 63.4 Å². The van der Waals surface area contributed by atoms with Gasteiger partial charge in [-0.25, -0.2) is 4.98 Å². The molecule has 2 aliphatic rings. The number of aliphatic hydroxyl groups excluding tert-OH is 2. The van der Waals surface area contributed by atoms with E-state index >= 15 is 0 Å². The maximum Gasteiger partial charge on any atom is 0.312 e. The summed E-state index contributed by atoms with van der Waals surface area (Å²) in [6, 6.07) is 3.64. The van der Waals surface area contributed by atoms with Crippen molar-refractivity contribution < 1.29 is 59.2 Å². The molecular formula is C43H53N3O12. The summed E-state index contributed by atoms with van der Waals surface area (Å²) in [6.45, 7) is 14.7. The number of phenols is 2. The first-order chi connectivity index (χ1) is 26.8. The number of anilines is 1. The molecule has 0 saturated carbocycles. The van der Waals surface area contributed by atoms with Crippen LogP contribution in [0.2, 0.25) is 0 Å². The van der Waals surface area contributed by atoms with Gasteiger partial charge in [0, 0.05) is 67.3 Å². The van der Waals surface area contributed by atoms with Crippen LogP contribution in [0, 0.1) is 37.5 Å². The first-order valence-electron chi connectivity index (χ1n) is 19.0. The number of aryl methyl sites for hydroxylation is 1. The van der Waals surface area contributed by atoms with E-state index in [1.165, 1.54) is 40.2 Å². The molecule has 0 radical (unpaired) electrons. The Bertz CT molecular complexity index is 2380. The zero-order valence-electron chi connectivity index (χ0n) is 34.3. The molecule has 9 atom stereocenters. The van der Waals surface area contributed by atoms with Gasteiger partial charge in [0.15, 0.2) is 5.75 Å². The predicted molar refractivity (Wildman–Crippen MR) is 217 cm³/mol. The number of aliphatic hydroxyl groups is 2. The highest BCUT2D eigenvalue weighted by Crippen LogP contribution is 2.54. The zero-order chi connectivity index (χ0) is 41.8. The summed E-state index contributed by atoms with van der Waals surface area (Å²) in [5.74, 6) is -6.96. The number of ether oxygens (including phenoxy) is 4. The van der Waals surface area contributed by atoms with Gasteiger partial charge in [0.05, 0.1) is 35.5 Å². The molecule has 4 heterocycles. The third-order valence-corrected chi connectivity index (χ3v) is 11.5. The zero-order valence-corrected chi connectivity index (χ0v) is 34.3. The lowest BCUT2D eigenvalue weighted by atomic mass is 9.78. The third-order valence-electron chi connectivity index (χ3n) is 11.5. The van der Waals surface area contributed by atoms with Crippen molar-refractivity contribution in [1.29, 1.82) is 0 Å². The van der Waals surface area contributed by atoms with Crippen LogP contribution in [0.3, 0.4) is 0 Å². The van der Waals surface area contributed by atoms with E-state index in [-0.39, 0.29) is 61.2 Å². The van der Waals surface area contributed by atoms with Crippen LogP contribution in [0.1, 0.15) is 70.0 Å². The van der Waals surface area contributed by atoms with Gasteiger partial charge in [-0.15, -0.1) is 0 Å². The molecule has 6 rings (SSSR count). The number of pyridine rings is 1. The van der Waals surface area contributed by atoms with Crippen LogP contribution in [0.15, 0.2) is 54.5 Å². The van der Waals surface area contributed by atoms with Crippen LogP contribution < -0.4 is 10.1 Å². The van der Waals surface area contributed by atoms with Gasteiger partial charge in [0.1, 0.15) is 40.0 Å². The highest BCUT2D eigenvalue weighted by molar-refractivity contribution is 6.28. The molecule has 0 aliphatic carbocycles. The molecule has 0 saturated heterocycles. The molecule has 7 N–H and O–H groups in total. The van der Waals surface area contributed by atoms with E-state index in [0.29, 0.717) is 5.65 Å². The number of methoxy groups -OCH3 is 1. The average Bonchev–Trinajstić information content (AvgIpc) is 3.67. The molecule has 312 valence electrons. The summed E-state index contributed by atoms with van der Waals surface area (Å²) in [6.07, 6.45) is 5.62. The SMILES string of the molecule is CO[C@H]1/C=C/O[C@]2(C)Oc3c(C)c(O)c4c(O)c(c5c(nc6cc(C)ccn65)c4c3C2=O)NC(=O)/C(C)=C/C=C/[C@H](C)[C@@H](O)[C@H](C)[C@@H](O)[C@H](C)[C@@H](OC(C)=O)[C@H]1C.O. The number of rotatable bonds is 2. The Morgan fingerprint density at radius 1 is 0.983 bits per heavy atom. The van der Waals surface area contributed by atoms with E-state index in [4.69, 9.17) is 23.9 Å². The minimum atomic E-state index is -1.96. The predicted octanol–water partition coefficient (Wildman–Crippen LogP) is 5.33. The van der Waals surface area contributed by atoms with Gasteiger partial charge >= 0.3 is 11.8 Å². The fraction of sp³-hybridized carbons (Fsp3) is 0.442. The number of aromatic nitrogens is 2. The number of Topliss-reactive ketones (excluding diaryl/α,β-unsaturated/α-hetero) is 1. The Hall–Kier alpha value is -5.48. The standard InChI is InChI=1S/C43H51N3O11.H2O/c1-19-14-16-46-28(18-19)44-32-29-30-37(50)25(7)40-31(29)41(52)43(9,57-40)55-17-15-27(54-10)22(4)39(56-26(8)47)24(6)36(49)23(5)35(48)20(2)12-11-13-21(3)42(53)45-33(34(32)46)38(30)51;/h11-18,20,22-24,27,35-36,39,48-51H,1-10H3,(H,45,53);1H2/b12-11+,17-15+,21-13+;/t20-,22-,23-,24-,27-,35+,36+,39-,43+;/m0./s1. The van der Waals surface area contributed by atoms with Crippen molar-refractivity contribution in [2.45, 2.75) is 92.5 Å². The minimum Gasteiger partial charge on any atom is -0.507 e. The monoisotopic (exact) mass is 803 g/mol. The minimum absolute atomic E-state index is 0. The number of allylic oxidation sites excluding steroid dienone is 2. The van der Waals surface area contributed by atoms with Crippen LogP contribution in [-0.4, -0.2) is 90.3 Å². The Labute approximate surface area is 335 Å². The molecule has 2 aromatic carbocycles. The van der Waals surface area contributed by atoms with Crippen molar-refractivity contribution in [2.24, 2.45) is 23.7 Å². The number of ketones is 1. The van der Waals surface area contributed by atoms with Crippen molar-refractivity contribution in [3.8, 4) is 17.2 Å². The number of carbonyl (C=O) groups is 3. The highest BCUT2D eigenvalue weighted by Gasteiger charge is 2.50. The maximum absolute atomic E-state index is 14.6. The molecule has 0 fully saturated rings. The Morgan fingerprint density at radius 2 is 1.67 bits per heavy atom. The summed E-state index contributed by atoms with van der Waals surface area (Å²) in [7, 11) is 1.46. The summed E-state index contributed by atoms with van der Waals surface area (Å²) in [5.41, 5.74) is 2.18. The van der Waals surface area contributed by atoms with Crippen LogP contribution in [0.25, 0.3) is 27.5 Å². The average molecular weight is 804 g/mol. The molecule has 0 unspecified atom stereocenters. The number of imidazole rings is 1. The lowest BCUT2D eigenvalue weighted by Crippen LogP contribution is -2.46. The molecular weight excluding hydrogens is 750 g/mol. The number of aromatic hydroxyl groups is 2. The van der Waals surface area contributed by atoms with Gasteiger partial charge in [-0.2, -0.15) is 0 Å². The van der Waals surface area contributed by atoms with E-state index in [1.807, 2.05) is 19.1 Å².